The summed E-state index contributed by atoms with van der Waals surface area (Å²) in [5, 5.41) is 2.92. The number of fused-ring (bicyclic) bond motifs is 1. The van der Waals surface area contributed by atoms with E-state index in [1.807, 2.05) is 55.5 Å². The Labute approximate surface area is 133 Å². The van der Waals surface area contributed by atoms with Crippen LogP contribution in [0.3, 0.4) is 0 Å². The van der Waals surface area contributed by atoms with Gasteiger partial charge >= 0.3 is 0 Å². The minimum Gasteiger partial charge on any atom is -0.436 e. The summed E-state index contributed by atoms with van der Waals surface area (Å²) in [6.45, 7) is 2.85. The number of para-hydroxylation sites is 2. The lowest BCUT2D eigenvalue weighted by Crippen LogP contribution is -2.49. The number of nitrogens with one attached hydrogen (secondary N) is 1. The third-order valence-electron chi connectivity index (χ3n) is 4.07. The van der Waals surface area contributed by atoms with E-state index in [0.717, 1.165) is 22.4 Å². The van der Waals surface area contributed by atoms with E-state index >= 15 is 0 Å². The molecule has 1 fully saturated rings. The summed E-state index contributed by atoms with van der Waals surface area (Å²) in [5.74, 6) is 0.557. The van der Waals surface area contributed by atoms with Crippen molar-refractivity contribution in [1.29, 1.82) is 0 Å². The van der Waals surface area contributed by atoms with Crippen LogP contribution in [-0.2, 0) is 9.53 Å². The van der Waals surface area contributed by atoms with Crippen LogP contribution in [0.15, 0.2) is 52.9 Å². The first-order chi connectivity index (χ1) is 11.1. The molecule has 1 aliphatic rings. The number of benzene rings is 2. The first-order valence-electron chi connectivity index (χ1n) is 7.49. The summed E-state index contributed by atoms with van der Waals surface area (Å²) in [4.78, 5) is 16.6. The second kappa shape index (κ2) is 5.21. The Hall–Kier alpha value is -2.66. The van der Waals surface area contributed by atoms with Crippen LogP contribution >= 0.6 is 0 Å². The number of nitrogens with zero attached hydrogens (tertiary/aromatic N) is 1. The van der Waals surface area contributed by atoms with Crippen molar-refractivity contribution in [3.63, 3.8) is 0 Å². The van der Waals surface area contributed by atoms with Crippen LogP contribution in [0.2, 0.25) is 0 Å². The van der Waals surface area contributed by atoms with Gasteiger partial charge < -0.3 is 14.5 Å². The van der Waals surface area contributed by atoms with Crippen LogP contribution < -0.4 is 5.32 Å². The molecule has 2 aromatic carbocycles. The summed E-state index contributed by atoms with van der Waals surface area (Å²) in [5.41, 5.74) is 2.80. The fourth-order valence-electron chi connectivity index (χ4n) is 2.51. The van der Waals surface area contributed by atoms with Crippen molar-refractivity contribution >= 4 is 22.7 Å². The molecule has 4 rings (SSSR count). The highest BCUT2D eigenvalue weighted by Crippen LogP contribution is 2.29. The molecule has 116 valence electrons. The molecule has 1 amide bonds. The predicted octanol–water partition coefficient (Wildman–Crippen LogP) is 3.47. The molecule has 0 saturated carbocycles. The molecule has 0 unspecified atom stereocenters. The molecule has 1 aromatic heterocycles. The average molecular weight is 308 g/mol. The van der Waals surface area contributed by atoms with Gasteiger partial charge in [-0.2, -0.15) is 0 Å². The third kappa shape index (κ3) is 2.49. The van der Waals surface area contributed by atoms with Crippen molar-refractivity contribution in [2.24, 2.45) is 5.41 Å². The zero-order valence-electron chi connectivity index (χ0n) is 12.7. The van der Waals surface area contributed by atoms with E-state index in [2.05, 4.69) is 10.3 Å². The molecular formula is C18H16N2O3. The summed E-state index contributed by atoms with van der Waals surface area (Å²) in [6.07, 6.45) is 0. The fraction of sp³-hybridized carbons (Fsp3) is 0.222. The molecule has 1 N–H and O–H groups in total. The Bertz CT molecular complexity index is 830. The van der Waals surface area contributed by atoms with Crippen molar-refractivity contribution < 1.29 is 13.9 Å². The lowest BCUT2D eigenvalue weighted by molar-refractivity contribution is -0.151. The lowest BCUT2D eigenvalue weighted by Gasteiger charge is -2.36. The largest absolute Gasteiger partial charge is 0.436 e. The van der Waals surface area contributed by atoms with E-state index in [9.17, 15) is 4.79 Å². The number of rotatable bonds is 3. The molecule has 1 aliphatic heterocycles. The van der Waals surface area contributed by atoms with Gasteiger partial charge in [-0.15, -0.1) is 0 Å². The highest BCUT2D eigenvalue weighted by molar-refractivity contribution is 5.96. The highest BCUT2D eigenvalue weighted by Gasteiger charge is 2.41. The minimum atomic E-state index is -0.418. The standard InChI is InChI=1S/C18H16N2O3/c1-18(10-22-11-18)17(21)19-13-8-6-12(7-9-13)16-20-14-4-2-3-5-15(14)23-16/h2-9H,10-11H2,1H3,(H,19,21). The van der Waals surface area contributed by atoms with E-state index in [1.165, 1.54) is 0 Å². The zero-order chi connectivity index (χ0) is 15.9. The quantitative estimate of drug-likeness (QED) is 0.804. The third-order valence-corrected chi connectivity index (χ3v) is 4.07. The van der Waals surface area contributed by atoms with Gasteiger partial charge in [-0.25, -0.2) is 4.98 Å². The van der Waals surface area contributed by atoms with Crippen LogP contribution in [0.5, 0.6) is 0 Å². The van der Waals surface area contributed by atoms with Gasteiger partial charge in [-0.3, -0.25) is 4.79 Å². The number of aromatic nitrogens is 1. The Morgan fingerprint density at radius 3 is 2.52 bits per heavy atom. The lowest BCUT2D eigenvalue weighted by atomic mass is 9.87. The number of ether oxygens (including phenoxy) is 1. The SMILES string of the molecule is CC1(C(=O)Nc2ccc(-c3nc4ccccc4o3)cc2)COC1. The summed E-state index contributed by atoms with van der Waals surface area (Å²) in [7, 11) is 0. The van der Waals surface area contributed by atoms with Gasteiger partial charge in [0.05, 0.1) is 18.6 Å². The summed E-state index contributed by atoms with van der Waals surface area (Å²) >= 11 is 0. The van der Waals surface area contributed by atoms with Crippen LogP contribution in [0.1, 0.15) is 6.92 Å². The van der Waals surface area contributed by atoms with E-state index in [1.54, 1.807) is 0 Å². The molecule has 0 atom stereocenters. The first-order valence-corrected chi connectivity index (χ1v) is 7.49. The smallest absolute Gasteiger partial charge is 0.234 e. The second-order valence-corrected chi connectivity index (χ2v) is 6.07. The highest BCUT2D eigenvalue weighted by atomic mass is 16.5. The Morgan fingerprint density at radius 2 is 1.87 bits per heavy atom. The van der Waals surface area contributed by atoms with Crippen LogP contribution in [0.25, 0.3) is 22.6 Å². The molecule has 0 radical (unpaired) electrons. The van der Waals surface area contributed by atoms with Gasteiger partial charge in [0.1, 0.15) is 5.52 Å². The fourth-order valence-corrected chi connectivity index (χ4v) is 2.51. The maximum absolute atomic E-state index is 12.2. The van der Waals surface area contributed by atoms with Crippen LogP contribution in [0.4, 0.5) is 5.69 Å². The van der Waals surface area contributed by atoms with Crippen LogP contribution in [0, 0.1) is 5.41 Å². The molecular weight excluding hydrogens is 292 g/mol. The Balaban J connectivity index is 1.54. The molecule has 5 heteroatoms. The van der Waals surface area contributed by atoms with E-state index < -0.39 is 5.41 Å². The monoisotopic (exact) mass is 308 g/mol. The van der Waals surface area contributed by atoms with E-state index in [0.29, 0.717) is 19.1 Å². The Kier molecular flexibility index (Phi) is 3.16. The molecule has 3 aromatic rings. The minimum absolute atomic E-state index is 0.0154. The number of hydrogen-bond acceptors (Lipinski definition) is 4. The average Bonchev–Trinajstić information content (AvgIpc) is 2.97. The van der Waals surface area contributed by atoms with Crippen LogP contribution in [-0.4, -0.2) is 24.1 Å². The van der Waals surface area contributed by atoms with Gasteiger partial charge in [0.2, 0.25) is 11.8 Å². The number of oxazole rings is 1. The van der Waals surface area contributed by atoms with Crippen molar-refractivity contribution in [2.45, 2.75) is 6.92 Å². The summed E-state index contributed by atoms with van der Waals surface area (Å²) < 4.78 is 10.9. The normalized spacial score (nSPS) is 16.0. The van der Waals surface area contributed by atoms with Crippen molar-refractivity contribution in [3.05, 3.63) is 48.5 Å². The maximum atomic E-state index is 12.2. The number of anilines is 1. The number of carbonyl (C=O) groups is 1. The van der Waals surface area contributed by atoms with Gasteiger partial charge in [-0.1, -0.05) is 12.1 Å². The van der Waals surface area contributed by atoms with Gasteiger partial charge in [0.25, 0.3) is 0 Å². The molecule has 0 bridgehead atoms. The number of carbonyl (C=O) groups excluding carboxylic acids is 1. The molecule has 23 heavy (non-hydrogen) atoms. The first kappa shape index (κ1) is 14.0. The predicted molar refractivity (Wildman–Crippen MR) is 87.0 cm³/mol. The Morgan fingerprint density at radius 1 is 1.13 bits per heavy atom. The van der Waals surface area contributed by atoms with Gasteiger partial charge in [-0.05, 0) is 43.3 Å². The topological polar surface area (TPSA) is 64.4 Å². The maximum Gasteiger partial charge on any atom is 0.234 e. The van der Waals surface area contributed by atoms with Crippen molar-refractivity contribution in [2.75, 3.05) is 18.5 Å². The second-order valence-electron chi connectivity index (χ2n) is 6.07. The molecule has 2 heterocycles. The number of hydrogen-bond donors (Lipinski definition) is 1. The molecule has 5 nitrogen and oxygen atoms in total. The van der Waals surface area contributed by atoms with Crippen molar-refractivity contribution in [3.8, 4) is 11.5 Å². The molecule has 0 spiro atoms. The summed E-state index contributed by atoms with van der Waals surface area (Å²) in [6, 6.07) is 15.1. The van der Waals surface area contributed by atoms with E-state index in [4.69, 9.17) is 9.15 Å². The van der Waals surface area contributed by atoms with Gasteiger partial charge in [0.15, 0.2) is 5.58 Å². The van der Waals surface area contributed by atoms with E-state index in [-0.39, 0.29) is 5.91 Å². The molecule has 1 saturated heterocycles. The number of amides is 1. The van der Waals surface area contributed by atoms with Gasteiger partial charge in [0, 0.05) is 11.3 Å². The molecule has 0 aliphatic carbocycles. The van der Waals surface area contributed by atoms with Crippen molar-refractivity contribution in [1.82, 2.24) is 4.98 Å². The zero-order valence-corrected chi connectivity index (χ0v) is 12.7.